The molecule has 0 radical (unpaired) electrons. The Bertz CT molecular complexity index is 863. The van der Waals surface area contributed by atoms with Gasteiger partial charge in [-0.1, -0.05) is 0 Å². The molecule has 0 atom stereocenters. The zero-order valence-corrected chi connectivity index (χ0v) is 16.9. The van der Waals surface area contributed by atoms with Crippen molar-refractivity contribution >= 4 is 17.5 Å². The topological polar surface area (TPSA) is 75.1 Å². The van der Waals surface area contributed by atoms with E-state index in [1.165, 1.54) is 4.90 Å². The Kier molecular flexibility index (Phi) is 6.04. The summed E-state index contributed by atoms with van der Waals surface area (Å²) in [5.41, 5.74) is 5.12. The van der Waals surface area contributed by atoms with Crippen molar-refractivity contribution in [1.82, 2.24) is 4.98 Å². The number of hydrogen-bond donors (Lipinski definition) is 1. The predicted molar refractivity (Wildman–Crippen MR) is 109 cm³/mol. The third kappa shape index (κ3) is 4.20. The van der Waals surface area contributed by atoms with E-state index in [4.69, 9.17) is 9.47 Å². The van der Waals surface area contributed by atoms with E-state index in [9.17, 15) is 9.90 Å². The molecule has 1 fully saturated rings. The number of rotatable bonds is 5. The summed E-state index contributed by atoms with van der Waals surface area (Å²) in [5, 5.41) is 9.89. The van der Waals surface area contributed by atoms with Crippen LogP contribution in [0.15, 0.2) is 24.4 Å². The third-order valence-corrected chi connectivity index (χ3v) is 5.02. The first-order valence-electron chi connectivity index (χ1n) is 9.34. The Labute approximate surface area is 165 Å². The molecule has 1 N–H and O–H groups in total. The Hall–Kier alpha value is -2.80. The second-order valence-corrected chi connectivity index (χ2v) is 7.04. The van der Waals surface area contributed by atoms with Gasteiger partial charge in [-0.3, -0.25) is 9.88 Å². The molecule has 7 heteroatoms. The van der Waals surface area contributed by atoms with E-state index < -0.39 is 6.09 Å². The average Bonchev–Trinajstić information content (AvgIpc) is 2.67. The maximum atomic E-state index is 12.1. The van der Waals surface area contributed by atoms with Crippen LogP contribution in [0.1, 0.15) is 22.4 Å². The van der Waals surface area contributed by atoms with E-state index >= 15 is 0 Å². The molecule has 1 aromatic carbocycles. The number of aromatic nitrogens is 1. The first kappa shape index (κ1) is 19.9. The van der Waals surface area contributed by atoms with Gasteiger partial charge in [-0.25, -0.2) is 4.79 Å². The lowest BCUT2D eigenvalue weighted by atomic mass is 10.1. The number of pyridine rings is 1. The normalized spacial score (nSPS) is 14.1. The molecule has 1 aliphatic rings. The van der Waals surface area contributed by atoms with Crippen LogP contribution in [0.5, 0.6) is 5.75 Å². The number of benzene rings is 1. The van der Waals surface area contributed by atoms with Crippen molar-refractivity contribution in [3.8, 4) is 5.75 Å². The summed E-state index contributed by atoms with van der Waals surface area (Å²) in [6, 6.07) is 5.89. The van der Waals surface area contributed by atoms with Crippen molar-refractivity contribution in [2.24, 2.45) is 0 Å². The average molecular weight is 385 g/mol. The van der Waals surface area contributed by atoms with Crippen LogP contribution in [0.4, 0.5) is 16.2 Å². The van der Waals surface area contributed by atoms with Gasteiger partial charge in [0.25, 0.3) is 0 Å². The van der Waals surface area contributed by atoms with Crippen LogP contribution < -0.4 is 14.5 Å². The van der Waals surface area contributed by atoms with Gasteiger partial charge in [0, 0.05) is 41.8 Å². The Morgan fingerprint density at radius 3 is 2.61 bits per heavy atom. The van der Waals surface area contributed by atoms with Gasteiger partial charge in [0.2, 0.25) is 0 Å². The number of ether oxygens (including phenoxy) is 2. The molecule has 28 heavy (non-hydrogen) atoms. The minimum atomic E-state index is -1.01. The van der Waals surface area contributed by atoms with Gasteiger partial charge >= 0.3 is 6.09 Å². The monoisotopic (exact) mass is 385 g/mol. The van der Waals surface area contributed by atoms with Crippen molar-refractivity contribution in [3.05, 3.63) is 46.8 Å². The Balaban J connectivity index is 1.95. The molecular formula is C21H27N3O4. The van der Waals surface area contributed by atoms with Crippen LogP contribution in [0.3, 0.4) is 0 Å². The molecule has 7 nitrogen and oxygen atoms in total. The molecule has 0 saturated carbocycles. The summed E-state index contributed by atoms with van der Waals surface area (Å²) in [6.45, 7) is 8.92. The molecule has 0 unspecified atom stereocenters. The molecule has 150 valence electrons. The summed E-state index contributed by atoms with van der Waals surface area (Å²) in [6.07, 6.45) is 0.704. The smallest absolute Gasteiger partial charge is 0.412 e. The van der Waals surface area contributed by atoms with Gasteiger partial charge in [-0.05, 0) is 44.5 Å². The number of carboxylic acid groups (broad SMARTS) is 1. The fourth-order valence-corrected chi connectivity index (χ4v) is 3.55. The zero-order valence-electron chi connectivity index (χ0n) is 16.9. The standard InChI is InChI=1S/C21H27N3O4/c1-14-9-17(23-5-7-28-8-6-23)11-18(10-14)24(21(25)26)13-19-16(3)20(27-4)15(2)12-22-19/h9-12H,5-8,13H2,1-4H3,(H,25,26). The highest BCUT2D eigenvalue weighted by Crippen LogP contribution is 2.29. The number of nitrogens with zero attached hydrogens (tertiary/aromatic N) is 3. The molecule has 0 spiro atoms. The second kappa shape index (κ2) is 8.48. The summed E-state index contributed by atoms with van der Waals surface area (Å²) < 4.78 is 10.9. The van der Waals surface area contributed by atoms with Gasteiger partial charge in [-0.15, -0.1) is 0 Å². The molecule has 2 aromatic rings. The number of hydrogen-bond acceptors (Lipinski definition) is 5. The van der Waals surface area contributed by atoms with E-state index in [-0.39, 0.29) is 6.54 Å². The van der Waals surface area contributed by atoms with Crippen LogP contribution >= 0.6 is 0 Å². The number of aryl methyl sites for hydroxylation is 2. The van der Waals surface area contributed by atoms with Crippen molar-refractivity contribution < 1.29 is 19.4 Å². The third-order valence-electron chi connectivity index (χ3n) is 5.02. The first-order valence-corrected chi connectivity index (χ1v) is 9.34. The van der Waals surface area contributed by atoms with Crippen molar-refractivity contribution in [3.63, 3.8) is 0 Å². The van der Waals surface area contributed by atoms with Crippen LogP contribution in [-0.4, -0.2) is 49.6 Å². The molecule has 1 aromatic heterocycles. The van der Waals surface area contributed by atoms with Gasteiger partial charge in [0.15, 0.2) is 0 Å². The lowest BCUT2D eigenvalue weighted by Gasteiger charge is -2.30. The Morgan fingerprint density at radius 1 is 1.25 bits per heavy atom. The number of methoxy groups -OCH3 is 1. The van der Waals surface area contributed by atoms with Crippen LogP contribution in [0, 0.1) is 20.8 Å². The minimum absolute atomic E-state index is 0.157. The molecule has 1 amide bonds. The number of morpholine rings is 1. The highest BCUT2D eigenvalue weighted by molar-refractivity contribution is 5.87. The number of carbonyl (C=O) groups is 1. The highest BCUT2D eigenvalue weighted by Gasteiger charge is 2.21. The molecule has 0 aliphatic carbocycles. The number of amides is 1. The van der Waals surface area contributed by atoms with Gasteiger partial charge < -0.3 is 19.5 Å². The van der Waals surface area contributed by atoms with E-state index in [2.05, 4.69) is 16.0 Å². The molecule has 1 aliphatic heterocycles. The van der Waals surface area contributed by atoms with Crippen LogP contribution in [0.2, 0.25) is 0 Å². The van der Waals surface area contributed by atoms with Crippen molar-refractivity contribution in [1.29, 1.82) is 0 Å². The van der Waals surface area contributed by atoms with Crippen molar-refractivity contribution in [2.45, 2.75) is 27.3 Å². The van der Waals surface area contributed by atoms with E-state index in [0.29, 0.717) is 24.6 Å². The van der Waals surface area contributed by atoms with Crippen LogP contribution in [-0.2, 0) is 11.3 Å². The largest absolute Gasteiger partial charge is 0.496 e. The fraction of sp³-hybridized carbons (Fsp3) is 0.429. The molecule has 0 bridgehead atoms. The fourth-order valence-electron chi connectivity index (χ4n) is 3.55. The van der Waals surface area contributed by atoms with Crippen molar-refractivity contribution in [2.75, 3.05) is 43.2 Å². The summed E-state index contributed by atoms with van der Waals surface area (Å²) in [5.74, 6) is 0.744. The van der Waals surface area contributed by atoms with Gasteiger partial charge in [0.05, 0.1) is 32.6 Å². The predicted octanol–water partition coefficient (Wildman–Crippen LogP) is 3.54. The molecular weight excluding hydrogens is 358 g/mol. The lowest BCUT2D eigenvalue weighted by Crippen LogP contribution is -2.36. The first-order chi connectivity index (χ1) is 13.4. The van der Waals surface area contributed by atoms with Gasteiger partial charge in [0.1, 0.15) is 5.75 Å². The zero-order chi connectivity index (χ0) is 20.3. The Morgan fingerprint density at radius 2 is 1.96 bits per heavy atom. The quantitative estimate of drug-likeness (QED) is 0.849. The SMILES string of the molecule is COc1c(C)cnc(CN(C(=O)O)c2cc(C)cc(N3CCOCC3)c2)c1C. The summed E-state index contributed by atoms with van der Waals surface area (Å²) >= 11 is 0. The second-order valence-electron chi connectivity index (χ2n) is 7.04. The number of anilines is 2. The van der Waals surface area contributed by atoms with Gasteiger partial charge in [-0.2, -0.15) is 0 Å². The van der Waals surface area contributed by atoms with Crippen LogP contribution in [0.25, 0.3) is 0 Å². The molecule has 3 rings (SSSR count). The summed E-state index contributed by atoms with van der Waals surface area (Å²) in [7, 11) is 1.61. The highest BCUT2D eigenvalue weighted by atomic mass is 16.5. The van der Waals surface area contributed by atoms with E-state index in [0.717, 1.165) is 41.2 Å². The summed E-state index contributed by atoms with van der Waals surface area (Å²) in [4.78, 5) is 20.1. The van der Waals surface area contributed by atoms with E-state index in [1.54, 1.807) is 13.3 Å². The van der Waals surface area contributed by atoms with E-state index in [1.807, 2.05) is 32.9 Å². The molecule has 2 heterocycles. The lowest BCUT2D eigenvalue weighted by molar-refractivity contribution is 0.122. The maximum absolute atomic E-state index is 12.1. The maximum Gasteiger partial charge on any atom is 0.412 e. The molecule has 1 saturated heterocycles. The minimum Gasteiger partial charge on any atom is -0.496 e.